The van der Waals surface area contributed by atoms with Gasteiger partial charge in [-0.1, -0.05) is 175 Å². The average Bonchev–Trinajstić information content (AvgIpc) is 3.32. The van der Waals surface area contributed by atoms with Gasteiger partial charge in [0.05, 0.1) is 34.1 Å². The summed E-state index contributed by atoms with van der Waals surface area (Å²) in [5, 5.41) is 2.68. The zero-order valence-corrected chi connectivity index (χ0v) is 35.5. The van der Waals surface area contributed by atoms with E-state index in [2.05, 4.69) is 204 Å². The highest BCUT2D eigenvalue weighted by Gasteiger charge is 2.42. The lowest BCUT2D eigenvalue weighted by molar-refractivity contribution is 0.592. The van der Waals surface area contributed by atoms with E-state index < -0.39 is 7.14 Å². The maximum atomic E-state index is 17.4. The fraction of sp³-hybridized carbons (Fsp3) is 0.0182. The molecule has 3 aliphatic heterocycles. The number of nitrogens with zero attached hydrogens (tertiary/aromatic N) is 2. The van der Waals surface area contributed by atoms with Gasteiger partial charge in [-0.2, -0.15) is 0 Å². The zero-order chi connectivity index (χ0) is 40.5. The predicted octanol–water partition coefficient (Wildman–Crippen LogP) is 14.4. The van der Waals surface area contributed by atoms with Crippen molar-refractivity contribution in [2.45, 2.75) is 26.0 Å². The van der Waals surface area contributed by atoms with Crippen molar-refractivity contribution in [3.8, 4) is 22.3 Å². The number of hydrogen-bond acceptors (Lipinski definition) is 5. The van der Waals surface area contributed by atoms with E-state index in [-0.39, 0.29) is 0 Å². The van der Waals surface area contributed by atoms with Crippen LogP contribution in [0.3, 0.4) is 0 Å². The number of hydrogen-bond donors (Lipinski definition) is 0. The van der Waals surface area contributed by atoms with Crippen molar-refractivity contribution in [3.63, 3.8) is 0 Å². The molecular weight excluding hydrogens is 800 g/mol. The second-order valence-corrected chi connectivity index (χ2v) is 20.3. The highest BCUT2D eigenvalue weighted by atomic mass is 32.2. The second-order valence-electron chi connectivity index (χ2n) is 15.5. The van der Waals surface area contributed by atoms with Crippen molar-refractivity contribution in [3.05, 3.63) is 223 Å². The van der Waals surface area contributed by atoms with Crippen LogP contribution < -0.4 is 25.7 Å². The summed E-state index contributed by atoms with van der Waals surface area (Å²) >= 11 is 3.61. The molecule has 3 aliphatic rings. The number of para-hydroxylation sites is 6. The fourth-order valence-electron chi connectivity index (χ4n) is 9.58. The van der Waals surface area contributed by atoms with E-state index in [0.29, 0.717) is 6.42 Å². The van der Waals surface area contributed by atoms with Crippen LogP contribution in [-0.4, -0.2) is 0 Å². The Morgan fingerprint density at radius 2 is 0.656 bits per heavy atom. The Bertz CT molecular complexity index is 2970. The van der Waals surface area contributed by atoms with Crippen molar-refractivity contribution in [2.24, 2.45) is 0 Å². The summed E-state index contributed by atoms with van der Waals surface area (Å²) in [6.45, 7) is 0. The molecule has 0 saturated heterocycles. The van der Waals surface area contributed by atoms with Crippen LogP contribution in [0, 0.1) is 0 Å². The molecular formula is C55H37N2OPS2. The summed E-state index contributed by atoms with van der Waals surface area (Å²) < 4.78 is 17.4. The maximum absolute atomic E-state index is 17.4. The Morgan fingerprint density at radius 3 is 1.07 bits per heavy atom. The van der Waals surface area contributed by atoms with E-state index in [1.807, 2.05) is 41.7 Å². The lowest BCUT2D eigenvalue weighted by Crippen LogP contribution is -2.36. The molecule has 9 aromatic rings. The molecule has 0 amide bonds. The molecule has 0 aliphatic carbocycles. The SMILES string of the molecule is O=P1(c2ccccc2)c2c(cccc2-c2ccccc2N2c3ccccc3Sc3ccccc32)Cc2cccc(-c3ccccc3N3c4ccccc4Sc4ccccc43)c21. The first-order chi connectivity index (χ1) is 30.2. The smallest absolute Gasteiger partial charge is 0.172 e. The quantitative estimate of drug-likeness (QED) is 0.161. The number of anilines is 6. The third kappa shape index (κ3) is 5.72. The van der Waals surface area contributed by atoms with Gasteiger partial charge in [-0.25, -0.2) is 0 Å². The van der Waals surface area contributed by atoms with Gasteiger partial charge in [-0.15, -0.1) is 0 Å². The van der Waals surface area contributed by atoms with Crippen molar-refractivity contribution < 1.29 is 4.57 Å². The van der Waals surface area contributed by atoms with Gasteiger partial charge >= 0.3 is 0 Å². The molecule has 0 radical (unpaired) electrons. The summed E-state index contributed by atoms with van der Waals surface area (Å²) in [4.78, 5) is 9.61. The minimum absolute atomic E-state index is 0.672. The van der Waals surface area contributed by atoms with Gasteiger partial charge in [-0.3, -0.25) is 0 Å². The monoisotopic (exact) mass is 836 g/mol. The van der Waals surface area contributed by atoms with Gasteiger partial charge in [0, 0.05) is 46.6 Å². The minimum Gasteiger partial charge on any atom is -0.309 e. The van der Waals surface area contributed by atoms with Crippen molar-refractivity contribution in [2.75, 3.05) is 9.80 Å². The predicted molar refractivity (Wildman–Crippen MR) is 257 cm³/mol. The van der Waals surface area contributed by atoms with Gasteiger partial charge in [0.25, 0.3) is 0 Å². The Morgan fingerprint density at radius 1 is 0.328 bits per heavy atom. The summed E-state index contributed by atoms with van der Waals surface area (Å²) in [6.07, 6.45) is 0.672. The molecule has 0 atom stereocenters. The van der Waals surface area contributed by atoms with Crippen LogP contribution in [0.5, 0.6) is 0 Å². The first-order valence-electron chi connectivity index (χ1n) is 20.6. The molecule has 3 nitrogen and oxygen atoms in total. The maximum Gasteiger partial charge on any atom is 0.172 e. The zero-order valence-electron chi connectivity index (χ0n) is 33.0. The fourth-order valence-corrected chi connectivity index (χ4v) is 15.2. The highest BCUT2D eigenvalue weighted by molar-refractivity contribution is 8.00. The molecule has 290 valence electrons. The van der Waals surface area contributed by atoms with Crippen LogP contribution >= 0.6 is 30.7 Å². The van der Waals surface area contributed by atoms with Gasteiger partial charge in [0.15, 0.2) is 7.14 Å². The molecule has 9 aromatic carbocycles. The molecule has 0 spiro atoms. The molecule has 0 fully saturated rings. The third-order valence-electron chi connectivity index (χ3n) is 12.1. The van der Waals surface area contributed by atoms with Gasteiger partial charge < -0.3 is 14.4 Å². The average molecular weight is 837 g/mol. The summed E-state index contributed by atoms with van der Waals surface area (Å²) in [5.41, 5.74) is 13.0. The van der Waals surface area contributed by atoms with Crippen LogP contribution in [0.1, 0.15) is 11.1 Å². The molecule has 0 N–H and O–H groups in total. The summed E-state index contributed by atoms with van der Waals surface area (Å²) in [5.74, 6) is 0. The number of fused-ring (bicyclic) bond motifs is 6. The Hall–Kier alpha value is -6.49. The van der Waals surface area contributed by atoms with E-state index in [1.165, 1.54) is 19.6 Å². The molecule has 0 aromatic heterocycles. The Kier molecular flexibility index (Phi) is 8.71. The first kappa shape index (κ1) is 36.4. The van der Waals surface area contributed by atoms with Crippen molar-refractivity contribution >= 4 is 80.7 Å². The molecule has 6 heteroatoms. The molecule has 12 rings (SSSR count). The van der Waals surface area contributed by atoms with Crippen molar-refractivity contribution in [1.82, 2.24) is 0 Å². The Balaban J connectivity index is 1.11. The lowest BCUT2D eigenvalue weighted by Gasteiger charge is -2.37. The second kappa shape index (κ2) is 14.6. The lowest BCUT2D eigenvalue weighted by atomic mass is 9.94. The normalized spacial score (nSPS) is 14.2. The standard InChI is InChI=1S/C55H37N2OPS2/c58-59(39-20-2-1-3-21-39)54-37(18-16-24-42(54)40-22-4-6-26-44(40)56-46-28-8-12-32-50(46)60-51-33-13-9-29-47(51)56)36-38-19-17-25-43(55(38)59)41-23-5-7-27-45(41)57-48-30-10-14-34-52(48)61-53-35-15-11-31-49(53)57/h1-35H,36H2. The first-order valence-corrected chi connectivity index (χ1v) is 23.9. The topological polar surface area (TPSA) is 23.6 Å². The van der Waals surface area contributed by atoms with Gasteiger partial charge in [-0.05, 0) is 89.3 Å². The van der Waals surface area contributed by atoms with Crippen LogP contribution in [0.4, 0.5) is 34.1 Å². The number of rotatable bonds is 5. The van der Waals surface area contributed by atoms with Crippen LogP contribution in [0.25, 0.3) is 22.3 Å². The molecule has 0 saturated carbocycles. The van der Waals surface area contributed by atoms with Crippen LogP contribution in [0.15, 0.2) is 232 Å². The van der Waals surface area contributed by atoms with E-state index >= 15 is 4.57 Å². The summed E-state index contributed by atoms with van der Waals surface area (Å²) in [6, 6.07) is 75.3. The molecule has 0 unspecified atom stereocenters. The van der Waals surface area contributed by atoms with Crippen LogP contribution in [0.2, 0.25) is 0 Å². The molecule has 0 bridgehead atoms. The van der Waals surface area contributed by atoms with E-state index in [0.717, 1.165) is 83.4 Å². The van der Waals surface area contributed by atoms with E-state index in [4.69, 9.17) is 0 Å². The van der Waals surface area contributed by atoms with E-state index in [1.54, 1.807) is 0 Å². The highest BCUT2D eigenvalue weighted by Crippen LogP contribution is 2.58. The third-order valence-corrected chi connectivity index (χ3v) is 17.7. The summed E-state index contributed by atoms with van der Waals surface area (Å²) in [7, 11) is -3.58. The van der Waals surface area contributed by atoms with Crippen molar-refractivity contribution in [1.29, 1.82) is 0 Å². The minimum atomic E-state index is -3.58. The largest absolute Gasteiger partial charge is 0.309 e. The van der Waals surface area contributed by atoms with E-state index in [9.17, 15) is 0 Å². The Labute approximate surface area is 364 Å². The van der Waals surface area contributed by atoms with Crippen LogP contribution in [-0.2, 0) is 11.0 Å². The van der Waals surface area contributed by atoms with Gasteiger partial charge in [0.2, 0.25) is 0 Å². The van der Waals surface area contributed by atoms with Gasteiger partial charge in [0.1, 0.15) is 0 Å². The molecule has 3 heterocycles. The molecule has 61 heavy (non-hydrogen) atoms. The number of benzene rings is 9.